The highest BCUT2D eigenvalue weighted by Gasteiger charge is 2.11. The van der Waals surface area contributed by atoms with Crippen LogP contribution in [0.25, 0.3) is 5.69 Å². The molecule has 0 saturated heterocycles. The van der Waals surface area contributed by atoms with Crippen molar-refractivity contribution in [2.24, 2.45) is 0 Å². The van der Waals surface area contributed by atoms with Crippen molar-refractivity contribution in [2.45, 2.75) is 6.61 Å². The van der Waals surface area contributed by atoms with Crippen molar-refractivity contribution in [1.82, 2.24) is 25.6 Å². The summed E-state index contributed by atoms with van der Waals surface area (Å²) in [6.07, 6.45) is 0. The molecular weight excluding hydrogens is 442 g/mol. The Balaban J connectivity index is 1.38. The molecule has 33 heavy (non-hydrogen) atoms. The van der Waals surface area contributed by atoms with Gasteiger partial charge in [0.1, 0.15) is 0 Å². The van der Waals surface area contributed by atoms with Crippen molar-refractivity contribution >= 4 is 35.4 Å². The number of H-pyrrole nitrogens is 1. The van der Waals surface area contributed by atoms with Crippen LogP contribution in [-0.2, 0) is 6.61 Å². The molecule has 3 aromatic carbocycles. The van der Waals surface area contributed by atoms with Crippen LogP contribution >= 0.6 is 12.2 Å². The first-order chi connectivity index (χ1) is 16.0. The van der Waals surface area contributed by atoms with Crippen molar-refractivity contribution in [3.63, 3.8) is 0 Å². The number of aliphatic hydroxyl groups excluding tert-OH is 1. The quantitative estimate of drug-likeness (QED) is 0.211. The maximum atomic E-state index is 12.7. The topological polar surface area (TPSA) is 137 Å². The van der Waals surface area contributed by atoms with E-state index in [0.29, 0.717) is 33.8 Å². The lowest BCUT2D eigenvalue weighted by Gasteiger charge is -2.12. The van der Waals surface area contributed by atoms with Crippen LogP contribution in [0, 0.1) is 4.77 Å². The molecule has 0 aliphatic heterocycles. The Kier molecular flexibility index (Phi) is 6.53. The fourth-order valence-corrected chi connectivity index (χ4v) is 3.25. The average molecular weight is 462 g/mol. The molecule has 0 aliphatic carbocycles. The van der Waals surface area contributed by atoms with Gasteiger partial charge in [0.05, 0.1) is 18.0 Å². The first-order valence-electron chi connectivity index (χ1n) is 9.82. The third kappa shape index (κ3) is 5.11. The minimum Gasteiger partial charge on any atom is -0.392 e. The molecule has 2 amide bonds. The number of tetrazole rings is 1. The molecule has 0 spiro atoms. The van der Waals surface area contributed by atoms with Crippen molar-refractivity contribution in [1.29, 1.82) is 0 Å². The summed E-state index contributed by atoms with van der Waals surface area (Å²) in [5.41, 5.74) is 8.57. The maximum absolute atomic E-state index is 12.7. The van der Waals surface area contributed by atoms with Gasteiger partial charge in [-0.3, -0.25) is 20.4 Å². The van der Waals surface area contributed by atoms with Crippen molar-refractivity contribution in [3.8, 4) is 5.69 Å². The van der Waals surface area contributed by atoms with Gasteiger partial charge in [0, 0.05) is 16.8 Å². The molecule has 1 heterocycles. The Morgan fingerprint density at radius 1 is 0.970 bits per heavy atom. The zero-order chi connectivity index (χ0) is 23.2. The highest BCUT2D eigenvalue weighted by atomic mass is 32.1. The standard InChI is InChI=1S/C22H19N7O3S/c30-13-15-4-1-2-7-19(15)21(32)25-24-17-10-8-16(9-11-17)23-20(31)14-5-3-6-18(12-14)29-22(33)26-27-28-29/h1-12,24,30H,13H2,(H,23,31)(H,25,32)(H,26,28,33). The molecule has 5 N–H and O–H groups in total. The zero-order valence-electron chi connectivity index (χ0n) is 17.1. The molecule has 0 bridgehead atoms. The van der Waals surface area contributed by atoms with Crippen molar-refractivity contribution in [3.05, 3.63) is 94.3 Å². The minimum absolute atomic E-state index is 0.229. The number of aromatic amines is 1. The predicted octanol–water partition coefficient (Wildman–Crippen LogP) is 2.83. The number of hydrazine groups is 1. The van der Waals surface area contributed by atoms with Gasteiger partial charge >= 0.3 is 0 Å². The van der Waals surface area contributed by atoms with Crippen LogP contribution in [-0.4, -0.2) is 37.1 Å². The Labute approximate surface area is 193 Å². The molecule has 0 saturated carbocycles. The first-order valence-corrected chi connectivity index (χ1v) is 10.2. The first kappa shape index (κ1) is 21.9. The van der Waals surface area contributed by atoms with Gasteiger partial charge in [0.25, 0.3) is 11.8 Å². The van der Waals surface area contributed by atoms with Gasteiger partial charge in [0.2, 0.25) is 4.77 Å². The highest BCUT2D eigenvalue weighted by molar-refractivity contribution is 7.71. The van der Waals surface area contributed by atoms with Gasteiger partial charge in [0.15, 0.2) is 0 Å². The third-order valence-corrected chi connectivity index (χ3v) is 5.00. The number of hydrogen-bond acceptors (Lipinski definition) is 7. The van der Waals surface area contributed by atoms with Crippen LogP contribution in [0.5, 0.6) is 0 Å². The molecule has 0 radical (unpaired) electrons. The summed E-state index contributed by atoms with van der Waals surface area (Å²) in [5, 5.41) is 22.2. The molecule has 0 unspecified atom stereocenters. The summed E-state index contributed by atoms with van der Waals surface area (Å²) in [4.78, 5) is 25.0. The van der Waals surface area contributed by atoms with E-state index in [-0.39, 0.29) is 23.2 Å². The number of carbonyl (C=O) groups excluding carboxylic acids is 2. The maximum Gasteiger partial charge on any atom is 0.269 e. The molecule has 1 aromatic heterocycles. The number of aromatic nitrogens is 4. The molecular formula is C22H19N7O3S. The normalized spacial score (nSPS) is 10.5. The number of rotatable bonds is 7. The van der Waals surface area contributed by atoms with E-state index in [4.69, 9.17) is 12.2 Å². The van der Waals surface area contributed by atoms with E-state index in [2.05, 4.69) is 31.7 Å². The summed E-state index contributed by atoms with van der Waals surface area (Å²) >= 11 is 5.09. The Morgan fingerprint density at radius 2 is 1.73 bits per heavy atom. The monoisotopic (exact) mass is 461 g/mol. The molecule has 166 valence electrons. The second-order valence-corrected chi connectivity index (χ2v) is 7.26. The lowest BCUT2D eigenvalue weighted by molar-refractivity contribution is 0.0958. The number of hydrogen-bond donors (Lipinski definition) is 5. The molecule has 11 heteroatoms. The van der Waals surface area contributed by atoms with Gasteiger partial charge < -0.3 is 10.4 Å². The molecule has 0 fully saturated rings. The van der Waals surface area contributed by atoms with E-state index in [9.17, 15) is 14.7 Å². The second kappa shape index (κ2) is 9.85. The largest absolute Gasteiger partial charge is 0.392 e. The Morgan fingerprint density at radius 3 is 2.45 bits per heavy atom. The van der Waals surface area contributed by atoms with Crippen LogP contribution < -0.4 is 16.2 Å². The SMILES string of the molecule is O=C(Nc1ccc(NNC(=O)c2ccccc2CO)cc1)c1cccc(-n2[nH]nnc2=S)c1. The molecule has 0 atom stereocenters. The average Bonchev–Trinajstić information content (AvgIpc) is 3.29. The van der Waals surface area contributed by atoms with Crippen LogP contribution in [0.3, 0.4) is 0 Å². The molecule has 4 rings (SSSR count). The van der Waals surface area contributed by atoms with Crippen LogP contribution in [0.4, 0.5) is 11.4 Å². The lowest BCUT2D eigenvalue weighted by atomic mass is 10.1. The van der Waals surface area contributed by atoms with Crippen molar-refractivity contribution < 1.29 is 14.7 Å². The number of benzene rings is 3. The number of amides is 2. The summed E-state index contributed by atoms with van der Waals surface area (Å²) < 4.78 is 1.74. The zero-order valence-corrected chi connectivity index (χ0v) is 18.0. The van der Waals surface area contributed by atoms with Gasteiger partial charge in [-0.25, -0.2) is 4.68 Å². The Bertz CT molecular complexity index is 1350. The van der Waals surface area contributed by atoms with E-state index in [1.165, 1.54) is 4.68 Å². The highest BCUT2D eigenvalue weighted by Crippen LogP contribution is 2.16. The predicted molar refractivity (Wildman–Crippen MR) is 124 cm³/mol. The fraction of sp³-hybridized carbons (Fsp3) is 0.0455. The number of nitrogens with one attached hydrogen (secondary N) is 4. The van der Waals surface area contributed by atoms with E-state index in [1.807, 2.05) is 0 Å². The van der Waals surface area contributed by atoms with Gasteiger partial charge in [-0.15, -0.1) is 0 Å². The summed E-state index contributed by atoms with van der Waals surface area (Å²) in [7, 11) is 0. The number of anilines is 2. The van der Waals surface area contributed by atoms with Crippen LogP contribution in [0.2, 0.25) is 0 Å². The lowest BCUT2D eigenvalue weighted by Crippen LogP contribution is -2.30. The third-order valence-electron chi connectivity index (χ3n) is 4.73. The summed E-state index contributed by atoms with van der Waals surface area (Å²) in [6.45, 7) is -0.229. The van der Waals surface area contributed by atoms with Crippen LogP contribution in [0.15, 0.2) is 72.8 Å². The van der Waals surface area contributed by atoms with E-state index in [1.54, 1.807) is 72.8 Å². The minimum atomic E-state index is -0.371. The number of carbonyl (C=O) groups is 2. The number of nitrogens with zero attached hydrogens (tertiary/aromatic N) is 3. The second-order valence-electron chi connectivity index (χ2n) is 6.89. The van der Waals surface area contributed by atoms with E-state index in [0.717, 1.165) is 0 Å². The number of aliphatic hydroxyl groups is 1. The van der Waals surface area contributed by atoms with Gasteiger partial charge in [-0.1, -0.05) is 34.6 Å². The van der Waals surface area contributed by atoms with Gasteiger partial charge in [-0.2, -0.15) is 5.21 Å². The van der Waals surface area contributed by atoms with Crippen LogP contribution in [0.1, 0.15) is 26.3 Å². The van der Waals surface area contributed by atoms with E-state index < -0.39 is 0 Å². The summed E-state index contributed by atoms with van der Waals surface area (Å²) in [6, 6.07) is 20.5. The molecule has 0 aliphatic rings. The Hall–Kier alpha value is -4.35. The molecule has 10 nitrogen and oxygen atoms in total. The summed E-state index contributed by atoms with van der Waals surface area (Å²) in [5.74, 6) is -0.671. The van der Waals surface area contributed by atoms with Gasteiger partial charge in [-0.05, 0) is 66.3 Å². The van der Waals surface area contributed by atoms with Crippen molar-refractivity contribution in [2.75, 3.05) is 10.7 Å². The molecule has 4 aromatic rings. The smallest absolute Gasteiger partial charge is 0.269 e. The van der Waals surface area contributed by atoms with E-state index >= 15 is 0 Å². The fourth-order valence-electron chi connectivity index (χ4n) is 3.07.